The Labute approximate surface area is 121 Å². The van der Waals surface area contributed by atoms with Gasteiger partial charge in [-0.25, -0.2) is 0 Å². The molecule has 7 heteroatoms. The minimum Gasteiger partial charge on any atom is -0.362 e. The fourth-order valence-corrected chi connectivity index (χ4v) is 1.48. The molecule has 0 heterocycles. The van der Waals surface area contributed by atoms with Gasteiger partial charge < -0.3 is 15.4 Å². The van der Waals surface area contributed by atoms with E-state index in [0.717, 1.165) is 5.56 Å². The van der Waals surface area contributed by atoms with Crippen LogP contribution in [0.15, 0.2) is 24.3 Å². The van der Waals surface area contributed by atoms with Gasteiger partial charge in [0.05, 0.1) is 0 Å². The van der Waals surface area contributed by atoms with Gasteiger partial charge in [0.15, 0.2) is 0 Å². The highest BCUT2D eigenvalue weighted by Crippen LogP contribution is 2.14. The Morgan fingerprint density at radius 2 is 1.86 bits per heavy atom. The second-order valence-electron chi connectivity index (χ2n) is 4.89. The number of amides is 1. The molecular weight excluding hydrogens is 285 g/mol. The number of carbonyl (C=O) groups is 1. The lowest BCUT2D eigenvalue weighted by atomic mass is 10.2. The fraction of sp³-hybridized carbons (Fsp3) is 0.500. The summed E-state index contributed by atoms with van der Waals surface area (Å²) in [5, 5.41) is 5.72. The van der Waals surface area contributed by atoms with E-state index < -0.39 is 25.3 Å². The van der Waals surface area contributed by atoms with E-state index in [0.29, 0.717) is 18.3 Å². The zero-order valence-electron chi connectivity index (χ0n) is 12.0. The molecule has 0 saturated heterocycles. The number of hydrogen-bond donors (Lipinski definition) is 2. The third kappa shape index (κ3) is 8.31. The fourth-order valence-electron chi connectivity index (χ4n) is 1.48. The smallest absolute Gasteiger partial charge is 0.362 e. The number of alkyl halides is 3. The molecule has 21 heavy (non-hydrogen) atoms. The van der Waals surface area contributed by atoms with E-state index in [9.17, 15) is 18.0 Å². The zero-order valence-corrected chi connectivity index (χ0v) is 12.0. The molecule has 0 aliphatic heterocycles. The van der Waals surface area contributed by atoms with E-state index in [1.165, 1.54) is 0 Å². The van der Waals surface area contributed by atoms with Crippen LogP contribution in [-0.4, -0.2) is 31.3 Å². The summed E-state index contributed by atoms with van der Waals surface area (Å²) in [5.74, 6) is -0.618. The van der Waals surface area contributed by atoms with Gasteiger partial charge in [-0.1, -0.05) is 26.0 Å². The monoisotopic (exact) mass is 304 g/mol. The SMILES string of the molecule is CC(C)NCc1ccc(NC(=O)COCC(F)(F)F)cc1. The first-order valence-corrected chi connectivity index (χ1v) is 6.53. The lowest BCUT2D eigenvalue weighted by Gasteiger charge is -2.10. The van der Waals surface area contributed by atoms with Crippen molar-refractivity contribution in [2.45, 2.75) is 32.6 Å². The number of carbonyl (C=O) groups excluding carboxylic acids is 1. The molecule has 1 aromatic carbocycles. The van der Waals surface area contributed by atoms with Gasteiger partial charge in [0.2, 0.25) is 5.91 Å². The molecule has 0 saturated carbocycles. The number of rotatable bonds is 7. The van der Waals surface area contributed by atoms with Gasteiger partial charge in [-0.15, -0.1) is 0 Å². The van der Waals surface area contributed by atoms with Crippen LogP contribution in [0.2, 0.25) is 0 Å². The lowest BCUT2D eigenvalue weighted by Crippen LogP contribution is -2.24. The predicted octanol–water partition coefficient (Wildman–Crippen LogP) is 2.70. The lowest BCUT2D eigenvalue weighted by molar-refractivity contribution is -0.174. The van der Waals surface area contributed by atoms with Crippen molar-refractivity contribution in [2.75, 3.05) is 18.5 Å². The molecule has 0 aliphatic rings. The van der Waals surface area contributed by atoms with Crippen molar-refractivity contribution in [1.82, 2.24) is 5.32 Å². The van der Waals surface area contributed by atoms with Gasteiger partial charge in [0.1, 0.15) is 13.2 Å². The summed E-state index contributed by atoms with van der Waals surface area (Å²) in [5.41, 5.74) is 1.57. The summed E-state index contributed by atoms with van der Waals surface area (Å²) in [6.45, 7) is 2.72. The van der Waals surface area contributed by atoms with Crippen molar-refractivity contribution in [3.05, 3.63) is 29.8 Å². The molecular formula is C14H19F3N2O2. The van der Waals surface area contributed by atoms with Crippen molar-refractivity contribution in [1.29, 1.82) is 0 Å². The van der Waals surface area contributed by atoms with Crippen LogP contribution in [0.5, 0.6) is 0 Å². The summed E-state index contributed by atoms with van der Waals surface area (Å²) >= 11 is 0. The van der Waals surface area contributed by atoms with Gasteiger partial charge in [-0.3, -0.25) is 4.79 Å². The largest absolute Gasteiger partial charge is 0.411 e. The summed E-state index contributed by atoms with van der Waals surface area (Å²) in [7, 11) is 0. The topological polar surface area (TPSA) is 50.4 Å². The highest BCUT2D eigenvalue weighted by molar-refractivity contribution is 5.91. The van der Waals surface area contributed by atoms with Crippen molar-refractivity contribution in [3.63, 3.8) is 0 Å². The van der Waals surface area contributed by atoms with Crippen molar-refractivity contribution in [2.24, 2.45) is 0 Å². The second-order valence-corrected chi connectivity index (χ2v) is 4.89. The van der Waals surface area contributed by atoms with Crippen molar-refractivity contribution in [3.8, 4) is 0 Å². The molecule has 4 nitrogen and oxygen atoms in total. The van der Waals surface area contributed by atoms with E-state index in [1.807, 2.05) is 26.0 Å². The Hall–Kier alpha value is -1.60. The van der Waals surface area contributed by atoms with Crippen molar-refractivity contribution < 1.29 is 22.7 Å². The van der Waals surface area contributed by atoms with E-state index >= 15 is 0 Å². The number of halogens is 3. The van der Waals surface area contributed by atoms with Crippen LogP contribution in [0, 0.1) is 0 Å². The quantitative estimate of drug-likeness (QED) is 0.814. The first-order valence-electron chi connectivity index (χ1n) is 6.53. The minimum atomic E-state index is -4.43. The molecule has 2 N–H and O–H groups in total. The number of nitrogens with one attached hydrogen (secondary N) is 2. The van der Waals surface area contributed by atoms with Crippen LogP contribution >= 0.6 is 0 Å². The number of benzene rings is 1. The van der Waals surface area contributed by atoms with Gasteiger partial charge in [0, 0.05) is 18.3 Å². The molecule has 0 spiro atoms. The van der Waals surface area contributed by atoms with Crippen LogP contribution in [0.4, 0.5) is 18.9 Å². The second kappa shape index (κ2) is 7.99. The molecule has 1 amide bonds. The Kier molecular flexibility index (Phi) is 6.64. The zero-order chi connectivity index (χ0) is 15.9. The van der Waals surface area contributed by atoms with Gasteiger partial charge in [-0.05, 0) is 17.7 Å². The first-order chi connectivity index (χ1) is 9.76. The minimum absolute atomic E-state index is 0.371. The molecule has 0 bridgehead atoms. The standard InChI is InChI=1S/C14H19F3N2O2/c1-10(2)18-7-11-3-5-12(6-4-11)19-13(20)8-21-9-14(15,16)17/h3-6,10,18H,7-9H2,1-2H3,(H,19,20). The summed E-state index contributed by atoms with van der Waals surface area (Å²) in [4.78, 5) is 11.4. The highest BCUT2D eigenvalue weighted by atomic mass is 19.4. The average molecular weight is 304 g/mol. The van der Waals surface area contributed by atoms with Gasteiger partial charge in [0.25, 0.3) is 0 Å². The third-order valence-electron chi connectivity index (χ3n) is 2.45. The molecule has 1 aromatic rings. The Morgan fingerprint density at radius 3 is 2.38 bits per heavy atom. The van der Waals surface area contributed by atoms with E-state index in [4.69, 9.17) is 0 Å². The molecule has 118 valence electrons. The van der Waals surface area contributed by atoms with E-state index in [-0.39, 0.29) is 0 Å². The normalized spacial score (nSPS) is 11.7. The Balaban J connectivity index is 2.36. The maximum atomic E-state index is 11.8. The van der Waals surface area contributed by atoms with E-state index in [2.05, 4.69) is 15.4 Å². The van der Waals surface area contributed by atoms with E-state index in [1.54, 1.807) is 12.1 Å². The van der Waals surface area contributed by atoms with Crippen LogP contribution in [-0.2, 0) is 16.1 Å². The van der Waals surface area contributed by atoms with Crippen LogP contribution in [0.1, 0.15) is 19.4 Å². The Bertz CT molecular complexity index is 445. The molecule has 0 aliphatic carbocycles. The maximum absolute atomic E-state index is 11.8. The first kappa shape index (κ1) is 17.5. The number of ether oxygens (including phenoxy) is 1. The maximum Gasteiger partial charge on any atom is 0.411 e. The van der Waals surface area contributed by atoms with Gasteiger partial charge in [-0.2, -0.15) is 13.2 Å². The predicted molar refractivity (Wildman–Crippen MR) is 73.9 cm³/mol. The molecule has 0 atom stereocenters. The molecule has 0 aromatic heterocycles. The molecule has 0 unspecified atom stereocenters. The molecule has 1 rings (SSSR count). The van der Waals surface area contributed by atoms with Crippen molar-refractivity contribution >= 4 is 11.6 Å². The van der Waals surface area contributed by atoms with Crippen LogP contribution in [0.25, 0.3) is 0 Å². The summed E-state index contributed by atoms with van der Waals surface area (Å²) in [6.07, 6.45) is -4.43. The molecule has 0 radical (unpaired) electrons. The Morgan fingerprint density at radius 1 is 1.24 bits per heavy atom. The highest BCUT2D eigenvalue weighted by Gasteiger charge is 2.27. The van der Waals surface area contributed by atoms with Gasteiger partial charge >= 0.3 is 6.18 Å². The van der Waals surface area contributed by atoms with Crippen LogP contribution < -0.4 is 10.6 Å². The molecule has 0 fully saturated rings. The number of hydrogen-bond acceptors (Lipinski definition) is 3. The average Bonchev–Trinajstić information content (AvgIpc) is 2.36. The summed E-state index contributed by atoms with van der Waals surface area (Å²) in [6, 6.07) is 7.43. The summed E-state index contributed by atoms with van der Waals surface area (Å²) < 4.78 is 39.8. The third-order valence-corrected chi connectivity index (χ3v) is 2.45. The van der Waals surface area contributed by atoms with Crippen LogP contribution in [0.3, 0.4) is 0 Å². The number of anilines is 1.